The number of thiophene rings is 1. The molecule has 0 aliphatic heterocycles. The van der Waals surface area contributed by atoms with Gasteiger partial charge in [0.25, 0.3) is 0 Å². The largest absolute Gasteiger partial charge is 0.300 e. The van der Waals surface area contributed by atoms with Crippen molar-refractivity contribution in [2.24, 2.45) is 0 Å². The molecule has 27 heavy (non-hydrogen) atoms. The molecule has 1 aromatic carbocycles. The SMILES string of the molecule is C=CCn1c(SCC(=O)Nc2nncs2)nnc1-c1csc2ccccc12. The minimum atomic E-state index is -0.160. The molecule has 4 rings (SSSR count). The van der Waals surface area contributed by atoms with Crippen LogP contribution in [0.5, 0.6) is 0 Å². The Morgan fingerprint density at radius 3 is 2.96 bits per heavy atom. The van der Waals surface area contributed by atoms with Crippen LogP contribution in [0.25, 0.3) is 21.5 Å². The summed E-state index contributed by atoms with van der Waals surface area (Å²) in [6, 6.07) is 8.21. The number of carbonyl (C=O) groups is 1. The Balaban J connectivity index is 1.57. The summed E-state index contributed by atoms with van der Waals surface area (Å²) >= 11 is 4.28. The molecule has 1 N–H and O–H groups in total. The third-order valence-electron chi connectivity index (χ3n) is 3.69. The zero-order valence-corrected chi connectivity index (χ0v) is 16.5. The van der Waals surface area contributed by atoms with Crippen molar-refractivity contribution in [3.63, 3.8) is 0 Å². The molecule has 7 nitrogen and oxygen atoms in total. The summed E-state index contributed by atoms with van der Waals surface area (Å²) in [7, 11) is 0. The number of benzene rings is 1. The van der Waals surface area contributed by atoms with Crippen LogP contribution >= 0.6 is 34.4 Å². The molecule has 0 aliphatic carbocycles. The number of fused-ring (bicyclic) bond motifs is 1. The van der Waals surface area contributed by atoms with Crippen molar-refractivity contribution in [2.75, 3.05) is 11.1 Å². The minimum Gasteiger partial charge on any atom is -0.300 e. The first kappa shape index (κ1) is 17.8. The second-order valence-electron chi connectivity index (χ2n) is 5.43. The third-order valence-corrected chi connectivity index (χ3v) is 6.23. The summed E-state index contributed by atoms with van der Waals surface area (Å²) in [6.07, 6.45) is 1.80. The van der Waals surface area contributed by atoms with E-state index in [4.69, 9.17) is 0 Å². The fourth-order valence-corrected chi connectivity index (χ4v) is 4.70. The first-order valence-corrected chi connectivity index (χ1v) is 10.7. The second kappa shape index (κ2) is 7.99. The van der Waals surface area contributed by atoms with E-state index in [1.807, 2.05) is 16.7 Å². The average molecular weight is 415 g/mol. The van der Waals surface area contributed by atoms with Crippen molar-refractivity contribution in [1.82, 2.24) is 25.0 Å². The molecule has 0 bridgehead atoms. The van der Waals surface area contributed by atoms with E-state index in [9.17, 15) is 4.79 Å². The number of nitrogens with zero attached hydrogens (tertiary/aromatic N) is 5. The molecule has 136 valence electrons. The summed E-state index contributed by atoms with van der Waals surface area (Å²) in [5, 5.41) is 23.3. The van der Waals surface area contributed by atoms with Crippen molar-refractivity contribution in [1.29, 1.82) is 0 Å². The molecule has 3 aromatic heterocycles. The Hall–Kier alpha value is -2.56. The van der Waals surface area contributed by atoms with E-state index in [0.717, 1.165) is 16.8 Å². The number of carbonyl (C=O) groups excluding carboxylic acids is 1. The van der Waals surface area contributed by atoms with Gasteiger partial charge >= 0.3 is 0 Å². The van der Waals surface area contributed by atoms with Crippen LogP contribution in [-0.4, -0.2) is 36.6 Å². The monoisotopic (exact) mass is 414 g/mol. The molecular weight excluding hydrogens is 400 g/mol. The van der Waals surface area contributed by atoms with Gasteiger partial charge in [-0.25, -0.2) is 0 Å². The number of allylic oxidation sites excluding steroid dienone is 1. The maximum atomic E-state index is 12.1. The Morgan fingerprint density at radius 1 is 1.26 bits per heavy atom. The number of nitrogens with one attached hydrogen (secondary N) is 1. The van der Waals surface area contributed by atoms with Crippen LogP contribution in [0.3, 0.4) is 0 Å². The van der Waals surface area contributed by atoms with E-state index in [1.54, 1.807) is 22.9 Å². The van der Waals surface area contributed by atoms with E-state index in [2.05, 4.69) is 49.8 Å². The van der Waals surface area contributed by atoms with Crippen LogP contribution in [0.15, 0.2) is 53.0 Å². The van der Waals surface area contributed by atoms with Crippen LogP contribution in [0.1, 0.15) is 0 Å². The quantitative estimate of drug-likeness (QED) is 0.364. The lowest BCUT2D eigenvalue weighted by Gasteiger charge is -2.07. The fourth-order valence-electron chi connectivity index (χ4n) is 2.55. The highest BCUT2D eigenvalue weighted by atomic mass is 32.2. The van der Waals surface area contributed by atoms with Gasteiger partial charge in [0, 0.05) is 27.6 Å². The molecule has 1 amide bonds. The molecule has 10 heteroatoms. The van der Waals surface area contributed by atoms with Crippen molar-refractivity contribution in [2.45, 2.75) is 11.7 Å². The number of hydrogen-bond donors (Lipinski definition) is 1. The molecule has 3 heterocycles. The summed E-state index contributed by atoms with van der Waals surface area (Å²) < 4.78 is 3.18. The second-order valence-corrected chi connectivity index (χ2v) is 8.12. The van der Waals surface area contributed by atoms with Gasteiger partial charge in [-0.2, -0.15) is 0 Å². The standard InChI is InChI=1S/C17H14N6OS3/c1-2-7-23-15(12-8-25-13-6-4-3-5-11(12)13)20-22-17(23)26-9-14(24)19-16-21-18-10-27-16/h2-6,8,10H,1,7,9H2,(H,19,21,24). The zero-order valence-electron chi connectivity index (χ0n) is 14.0. The molecule has 0 aliphatic rings. The predicted molar refractivity (Wildman–Crippen MR) is 110 cm³/mol. The average Bonchev–Trinajstić information content (AvgIpc) is 3.40. The number of anilines is 1. The lowest BCUT2D eigenvalue weighted by Crippen LogP contribution is -2.14. The summed E-state index contributed by atoms with van der Waals surface area (Å²) in [5.41, 5.74) is 2.61. The number of rotatable bonds is 7. The normalized spacial score (nSPS) is 11.0. The Kier molecular flexibility index (Phi) is 5.28. The molecule has 4 aromatic rings. The van der Waals surface area contributed by atoms with Gasteiger partial charge in [0.15, 0.2) is 11.0 Å². The van der Waals surface area contributed by atoms with Crippen molar-refractivity contribution < 1.29 is 4.79 Å². The van der Waals surface area contributed by atoms with Gasteiger partial charge in [-0.3, -0.25) is 14.7 Å². The molecule has 0 radical (unpaired) electrons. The smallest absolute Gasteiger partial charge is 0.236 e. The number of thioether (sulfide) groups is 1. The van der Waals surface area contributed by atoms with Crippen molar-refractivity contribution in [3.8, 4) is 11.4 Å². The lowest BCUT2D eigenvalue weighted by atomic mass is 10.1. The zero-order chi connectivity index (χ0) is 18.6. The molecule has 0 unspecified atom stereocenters. The number of hydrogen-bond acceptors (Lipinski definition) is 8. The molecule has 0 spiro atoms. The topological polar surface area (TPSA) is 85.6 Å². The maximum absolute atomic E-state index is 12.1. The van der Waals surface area contributed by atoms with E-state index in [-0.39, 0.29) is 11.7 Å². The van der Waals surface area contributed by atoms with Crippen LogP contribution in [-0.2, 0) is 11.3 Å². The first-order chi connectivity index (χ1) is 13.3. The van der Waals surface area contributed by atoms with Gasteiger partial charge in [0.2, 0.25) is 11.0 Å². The van der Waals surface area contributed by atoms with Gasteiger partial charge < -0.3 is 0 Å². The van der Waals surface area contributed by atoms with Gasteiger partial charge in [0.1, 0.15) is 5.51 Å². The summed E-state index contributed by atoms with van der Waals surface area (Å²) in [6.45, 7) is 4.39. The Morgan fingerprint density at radius 2 is 2.15 bits per heavy atom. The molecule has 0 saturated carbocycles. The van der Waals surface area contributed by atoms with Crippen LogP contribution in [0.4, 0.5) is 5.13 Å². The summed E-state index contributed by atoms with van der Waals surface area (Å²) in [5.74, 6) is 0.825. The van der Waals surface area contributed by atoms with Gasteiger partial charge in [-0.1, -0.05) is 47.4 Å². The van der Waals surface area contributed by atoms with Crippen LogP contribution in [0.2, 0.25) is 0 Å². The highest BCUT2D eigenvalue weighted by Crippen LogP contribution is 2.34. The van der Waals surface area contributed by atoms with Gasteiger partial charge in [-0.15, -0.1) is 38.3 Å². The van der Waals surface area contributed by atoms with E-state index in [1.165, 1.54) is 27.8 Å². The predicted octanol–water partition coefficient (Wildman–Crippen LogP) is 3.93. The van der Waals surface area contributed by atoms with E-state index >= 15 is 0 Å². The lowest BCUT2D eigenvalue weighted by molar-refractivity contribution is -0.113. The first-order valence-electron chi connectivity index (χ1n) is 7.96. The molecular formula is C17H14N6OS3. The molecule has 0 saturated heterocycles. The number of aromatic nitrogens is 5. The Bertz CT molecular complexity index is 1090. The maximum Gasteiger partial charge on any atom is 0.236 e. The van der Waals surface area contributed by atoms with Crippen molar-refractivity contribution >= 4 is 55.6 Å². The van der Waals surface area contributed by atoms with Crippen molar-refractivity contribution in [3.05, 3.63) is 47.8 Å². The fraction of sp³-hybridized carbons (Fsp3) is 0.118. The van der Waals surface area contributed by atoms with E-state index in [0.29, 0.717) is 16.8 Å². The van der Waals surface area contributed by atoms with Crippen LogP contribution in [0, 0.1) is 0 Å². The summed E-state index contributed by atoms with van der Waals surface area (Å²) in [4.78, 5) is 12.1. The van der Waals surface area contributed by atoms with Gasteiger partial charge in [-0.05, 0) is 6.07 Å². The highest BCUT2D eigenvalue weighted by molar-refractivity contribution is 7.99. The number of amides is 1. The molecule has 0 atom stereocenters. The van der Waals surface area contributed by atoms with Gasteiger partial charge in [0.05, 0.1) is 5.75 Å². The minimum absolute atomic E-state index is 0.160. The third kappa shape index (κ3) is 3.77. The Labute approximate surface area is 167 Å². The highest BCUT2D eigenvalue weighted by Gasteiger charge is 2.18. The van der Waals surface area contributed by atoms with Crippen LogP contribution < -0.4 is 5.32 Å². The molecule has 0 fully saturated rings. The van der Waals surface area contributed by atoms with E-state index < -0.39 is 0 Å².